The summed E-state index contributed by atoms with van der Waals surface area (Å²) >= 11 is 0. The van der Waals surface area contributed by atoms with Gasteiger partial charge in [0.15, 0.2) is 6.61 Å². The molecule has 0 saturated heterocycles. The zero-order valence-electron chi connectivity index (χ0n) is 13.2. The van der Waals surface area contributed by atoms with Crippen LogP contribution in [0.5, 0.6) is 5.75 Å². The molecule has 0 atom stereocenters. The van der Waals surface area contributed by atoms with Crippen LogP contribution in [0.15, 0.2) is 48.5 Å². The summed E-state index contributed by atoms with van der Waals surface area (Å²) in [5.41, 5.74) is 1.31. The van der Waals surface area contributed by atoms with Gasteiger partial charge in [-0.2, -0.15) is 0 Å². The summed E-state index contributed by atoms with van der Waals surface area (Å²) in [5.74, 6) is 11.2. The van der Waals surface area contributed by atoms with Gasteiger partial charge in [-0.3, -0.25) is 0 Å². The maximum Gasteiger partial charge on any atom is 0.429 e. The van der Waals surface area contributed by atoms with Crippen LogP contribution in [-0.2, 0) is 11.3 Å². The first-order valence-electron chi connectivity index (χ1n) is 7.18. The Morgan fingerprint density at radius 2 is 1.83 bits per heavy atom. The van der Waals surface area contributed by atoms with Crippen molar-refractivity contribution >= 4 is 11.8 Å². The van der Waals surface area contributed by atoms with E-state index in [1.807, 2.05) is 0 Å². The minimum Gasteiger partial charge on any atom is -0.489 e. The van der Waals surface area contributed by atoms with Crippen molar-refractivity contribution in [3.8, 4) is 17.6 Å². The van der Waals surface area contributed by atoms with Gasteiger partial charge in [-0.1, -0.05) is 18.1 Å². The van der Waals surface area contributed by atoms with E-state index in [0.29, 0.717) is 18.0 Å². The Morgan fingerprint density at radius 3 is 2.46 bits per heavy atom. The maximum atomic E-state index is 12.8. The molecule has 5 nitrogen and oxygen atoms in total. The van der Waals surface area contributed by atoms with Gasteiger partial charge in [0.2, 0.25) is 0 Å². The third-order valence-electron chi connectivity index (χ3n) is 3.07. The molecule has 0 aliphatic heterocycles. The van der Waals surface area contributed by atoms with Gasteiger partial charge < -0.3 is 9.47 Å². The van der Waals surface area contributed by atoms with Gasteiger partial charge in [0.05, 0.1) is 5.69 Å². The van der Waals surface area contributed by atoms with Crippen LogP contribution in [0, 0.1) is 17.7 Å². The van der Waals surface area contributed by atoms with Gasteiger partial charge in [-0.25, -0.2) is 20.0 Å². The van der Waals surface area contributed by atoms with Crippen LogP contribution in [0.25, 0.3) is 0 Å². The third-order valence-corrected chi connectivity index (χ3v) is 3.07. The van der Waals surface area contributed by atoms with Crippen LogP contribution in [-0.4, -0.2) is 12.7 Å². The number of nitrogens with two attached hydrogens (primary N) is 1. The molecule has 0 heterocycles. The number of carbonyl (C=O) groups excluding carboxylic acids is 1. The summed E-state index contributed by atoms with van der Waals surface area (Å²) in [6, 6.07) is 12.7. The summed E-state index contributed by atoms with van der Waals surface area (Å²) in [5, 5.41) is 0.890. The molecule has 0 aromatic heterocycles. The van der Waals surface area contributed by atoms with E-state index in [0.717, 1.165) is 10.6 Å². The highest BCUT2D eigenvalue weighted by molar-refractivity contribution is 5.86. The van der Waals surface area contributed by atoms with Crippen molar-refractivity contribution in [2.75, 3.05) is 11.6 Å². The first-order chi connectivity index (χ1) is 11.6. The maximum absolute atomic E-state index is 12.8. The fourth-order valence-electron chi connectivity index (χ4n) is 1.80. The minimum atomic E-state index is -0.697. The van der Waals surface area contributed by atoms with E-state index in [1.54, 1.807) is 43.3 Å². The lowest BCUT2D eigenvalue weighted by atomic mass is 10.2. The van der Waals surface area contributed by atoms with Crippen molar-refractivity contribution in [2.24, 2.45) is 5.84 Å². The number of amides is 1. The second kappa shape index (κ2) is 8.56. The van der Waals surface area contributed by atoms with E-state index in [-0.39, 0.29) is 12.4 Å². The highest BCUT2D eigenvalue weighted by Gasteiger charge is 2.12. The highest BCUT2D eigenvalue weighted by atomic mass is 19.1. The molecule has 0 spiro atoms. The molecule has 24 heavy (non-hydrogen) atoms. The predicted molar refractivity (Wildman–Crippen MR) is 88.6 cm³/mol. The summed E-state index contributed by atoms with van der Waals surface area (Å²) in [4.78, 5) is 11.7. The molecule has 0 fully saturated rings. The number of hydrogen-bond acceptors (Lipinski definition) is 4. The molecule has 124 valence electrons. The van der Waals surface area contributed by atoms with Gasteiger partial charge in [0.1, 0.15) is 18.2 Å². The summed E-state index contributed by atoms with van der Waals surface area (Å²) < 4.78 is 23.3. The molecule has 0 radical (unpaired) electrons. The monoisotopic (exact) mass is 328 g/mol. The zero-order valence-corrected chi connectivity index (χ0v) is 13.2. The van der Waals surface area contributed by atoms with Gasteiger partial charge in [-0.05, 0) is 48.9 Å². The van der Waals surface area contributed by atoms with Crippen LogP contribution in [0.3, 0.4) is 0 Å². The number of rotatable bonds is 5. The first-order valence-corrected chi connectivity index (χ1v) is 7.18. The molecule has 0 unspecified atom stereocenters. The lowest BCUT2D eigenvalue weighted by Crippen LogP contribution is -2.37. The molecule has 0 aliphatic carbocycles. The summed E-state index contributed by atoms with van der Waals surface area (Å²) in [7, 11) is 0. The van der Waals surface area contributed by atoms with E-state index in [2.05, 4.69) is 11.8 Å². The fourth-order valence-corrected chi connectivity index (χ4v) is 1.80. The second-order valence-corrected chi connectivity index (χ2v) is 4.76. The van der Waals surface area contributed by atoms with Crippen molar-refractivity contribution in [1.29, 1.82) is 0 Å². The quantitative estimate of drug-likeness (QED) is 0.396. The van der Waals surface area contributed by atoms with Gasteiger partial charge >= 0.3 is 6.09 Å². The van der Waals surface area contributed by atoms with Crippen molar-refractivity contribution in [2.45, 2.75) is 13.5 Å². The Balaban J connectivity index is 1.90. The lowest BCUT2D eigenvalue weighted by Gasteiger charge is -2.16. The normalized spacial score (nSPS) is 9.62. The van der Waals surface area contributed by atoms with Crippen LogP contribution < -0.4 is 15.6 Å². The molecule has 1 amide bonds. The van der Waals surface area contributed by atoms with Crippen LogP contribution in [0.1, 0.15) is 12.5 Å². The van der Waals surface area contributed by atoms with Gasteiger partial charge in [-0.15, -0.1) is 5.92 Å². The third kappa shape index (κ3) is 5.00. The van der Waals surface area contributed by atoms with E-state index >= 15 is 0 Å². The Bertz CT molecular complexity index is 734. The molecule has 2 aromatic rings. The number of benzene rings is 2. The number of carbonyl (C=O) groups is 1. The Labute approximate surface area is 139 Å². The number of nitrogens with zero attached hydrogens (tertiary/aromatic N) is 1. The number of hydrazine groups is 1. The average molecular weight is 328 g/mol. The van der Waals surface area contributed by atoms with Crippen molar-refractivity contribution < 1.29 is 18.7 Å². The second-order valence-electron chi connectivity index (χ2n) is 4.76. The number of halogens is 1. The smallest absolute Gasteiger partial charge is 0.429 e. The zero-order chi connectivity index (χ0) is 17.4. The van der Waals surface area contributed by atoms with Crippen LogP contribution in [0.2, 0.25) is 0 Å². The Kier molecular flexibility index (Phi) is 6.17. The van der Waals surface area contributed by atoms with E-state index in [9.17, 15) is 9.18 Å². The molecule has 2 aromatic carbocycles. The number of hydrogen-bond donors (Lipinski definition) is 1. The van der Waals surface area contributed by atoms with E-state index in [1.165, 1.54) is 12.1 Å². The summed E-state index contributed by atoms with van der Waals surface area (Å²) in [6.07, 6.45) is -0.697. The van der Waals surface area contributed by atoms with Crippen molar-refractivity contribution in [1.82, 2.24) is 0 Å². The fraction of sp³-hybridized carbons (Fsp3) is 0.167. The molecule has 0 aliphatic rings. The summed E-state index contributed by atoms with van der Waals surface area (Å²) in [6.45, 7) is 1.95. The molecule has 2 N–H and O–H groups in total. The number of anilines is 1. The van der Waals surface area contributed by atoms with Gasteiger partial charge in [0, 0.05) is 0 Å². The van der Waals surface area contributed by atoms with Crippen molar-refractivity contribution in [3.05, 3.63) is 59.9 Å². The first kappa shape index (κ1) is 17.3. The SMILES string of the molecule is CC#CCOC(=O)N(N)c1ccc(OCc2ccc(F)cc2)cc1. The standard InChI is InChI=1S/C18H17FN2O3/c1-2-3-12-23-18(22)21(20)16-8-10-17(11-9-16)24-13-14-4-6-15(19)7-5-14/h4-11H,12-13,20H2,1H3. The number of ether oxygens (including phenoxy) is 2. The minimum absolute atomic E-state index is 0.0120. The molecular formula is C18H17FN2O3. The Morgan fingerprint density at radius 1 is 1.17 bits per heavy atom. The lowest BCUT2D eigenvalue weighted by molar-refractivity contribution is 0.168. The average Bonchev–Trinajstić information content (AvgIpc) is 2.61. The molecule has 2 rings (SSSR count). The van der Waals surface area contributed by atoms with E-state index < -0.39 is 6.09 Å². The van der Waals surface area contributed by atoms with E-state index in [4.69, 9.17) is 15.3 Å². The molecular weight excluding hydrogens is 311 g/mol. The topological polar surface area (TPSA) is 64.8 Å². The molecule has 0 bridgehead atoms. The van der Waals surface area contributed by atoms with Crippen molar-refractivity contribution in [3.63, 3.8) is 0 Å². The van der Waals surface area contributed by atoms with Crippen LogP contribution >= 0.6 is 0 Å². The largest absolute Gasteiger partial charge is 0.489 e. The molecule has 6 heteroatoms. The Hall–Kier alpha value is -3.04. The predicted octanol–water partition coefficient (Wildman–Crippen LogP) is 3.24. The molecule has 0 saturated carbocycles. The van der Waals surface area contributed by atoms with Crippen LogP contribution in [0.4, 0.5) is 14.9 Å². The highest BCUT2D eigenvalue weighted by Crippen LogP contribution is 2.19. The van der Waals surface area contributed by atoms with Gasteiger partial charge in [0.25, 0.3) is 0 Å².